The number of anilines is 1. The van der Waals surface area contributed by atoms with Crippen LogP contribution < -0.4 is 10.6 Å². The van der Waals surface area contributed by atoms with Crippen molar-refractivity contribution in [3.05, 3.63) is 63.7 Å². The third-order valence-electron chi connectivity index (χ3n) is 5.57. The first-order chi connectivity index (χ1) is 15.0. The summed E-state index contributed by atoms with van der Waals surface area (Å²) in [6.45, 7) is 9.62. The Labute approximate surface area is 195 Å². The van der Waals surface area contributed by atoms with Crippen molar-refractivity contribution in [2.45, 2.75) is 47.1 Å². The highest BCUT2D eigenvalue weighted by atomic mass is 35.5. The molecule has 0 aliphatic heterocycles. The van der Waals surface area contributed by atoms with Gasteiger partial charge in [0, 0.05) is 23.3 Å². The molecule has 2 N–H and O–H groups in total. The number of nitrogens with zero attached hydrogens (tertiary/aromatic N) is 1. The van der Waals surface area contributed by atoms with E-state index in [9.17, 15) is 14.4 Å². The molecule has 3 amide bonds. The van der Waals surface area contributed by atoms with Gasteiger partial charge in [0.25, 0.3) is 5.91 Å². The van der Waals surface area contributed by atoms with Gasteiger partial charge in [-0.25, -0.2) is 0 Å². The number of hydrogen-bond acceptors (Lipinski definition) is 3. The summed E-state index contributed by atoms with van der Waals surface area (Å²) in [6.07, 6.45) is 0.694. The van der Waals surface area contributed by atoms with Crippen LogP contribution in [0.2, 0.25) is 5.02 Å². The zero-order valence-electron chi connectivity index (χ0n) is 19.6. The van der Waals surface area contributed by atoms with Crippen LogP contribution in [0.15, 0.2) is 36.4 Å². The lowest BCUT2D eigenvalue weighted by Crippen LogP contribution is -2.52. The summed E-state index contributed by atoms with van der Waals surface area (Å²) in [5.74, 6) is -1.06. The van der Waals surface area contributed by atoms with E-state index in [1.807, 2.05) is 46.8 Å². The van der Waals surface area contributed by atoms with Crippen LogP contribution in [0, 0.1) is 26.7 Å². The van der Waals surface area contributed by atoms with Gasteiger partial charge in [0.15, 0.2) is 0 Å². The van der Waals surface area contributed by atoms with Crippen molar-refractivity contribution in [1.29, 1.82) is 0 Å². The Morgan fingerprint density at radius 1 is 1.03 bits per heavy atom. The molecule has 0 spiro atoms. The zero-order valence-corrected chi connectivity index (χ0v) is 20.3. The van der Waals surface area contributed by atoms with Gasteiger partial charge in [-0.1, -0.05) is 49.6 Å². The van der Waals surface area contributed by atoms with Crippen molar-refractivity contribution in [3.8, 4) is 0 Å². The van der Waals surface area contributed by atoms with E-state index in [1.54, 1.807) is 31.3 Å². The molecule has 0 saturated heterocycles. The third-order valence-corrected chi connectivity index (χ3v) is 5.82. The van der Waals surface area contributed by atoms with Crippen LogP contribution >= 0.6 is 11.6 Å². The van der Waals surface area contributed by atoms with Crippen LogP contribution in [-0.4, -0.2) is 42.3 Å². The molecule has 32 heavy (non-hydrogen) atoms. The molecule has 0 fully saturated rings. The fourth-order valence-corrected chi connectivity index (χ4v) is 3.72. The summed E-state index contributed by atoms with van der Waals surface area (Å²) in [5, 5.41) is 6.27. The zero-order chi connectivity index (χ0) is 24.0. The number of hydrogen-bond donors (Lipinski definition) is 2. The summed E-state index contributed by atoms with van der Waals surface area (Å²) in [7, 11) is 1.57. The predicted octanol–water partition coefficient (Wildman–Crippen LogP) is 4.51. The molecule has 2 aromatic carbocycles. The number of benzene rings is 2. The molecule has 2 unspecified atom stereocenters. The van der Waals surface area contributed by atoms with E-state index in [2.05, 4.69) is 10.6 Å². The van der Waals surface area contributed by atoms with E-state index >= 15 is 0 Å². The van der Waals surface area contributed by atoms with E-state index in [4.69, 9.17) is 11.6 Å². The van der Waals surface area contributed by atoms with Gasteiger partial charge in [-0.15, -0.1) is 0 Å². The highest BCUT2D eigenvalue weighted by Crippen LogP contribution is 2.22. The van der Waals surface area contributed by atoms with Gasteiger partial charge in [0.1, 0.15) is 6.04 Å². The quantitative estimate of drug-likeness (QED) is 0.612. The minimum atomic E-state index is -0.746. The maximum atomic E-state index is 13.1. The van der Waals surface area contributed by atoms with Crippen molar-refractivity contribution in [2.75, 3.05) is 18.9 Å². The van der Waals surface area contributed by atoms with E-state index in [0.29, 0.717) is 17.0 Å². The lowest BCUT2D eigenvalue weighted by Gasteiger charge is -2.28. The first-order valence-electron chi connectivity index (χ1n) is 10.7. The van der Waals surface area contributed by atoms with Gasteiger partial charge in [-0.3, -0.25) is 14.4 Å². The highest BCUT2D eigenvalue weighted by Gasteiger charge is 2.29. The number of carbonyl (C=O) groups excluding carboxylic acids is 3. The normalized spacial score (nSPS) is 12.6. The monoisotopic (exact) mass is 457 g/mol. The molecule has 0 aliphatic carbocycles. The molecule has 0 aromatic heterocycles. The average Bonchev–Trinajstić information content (AvgIpc) is 2.73. The van der Waals surface area contributed by atoms with Crippen LogP contribution in [0.25, 0.3) is 0 Å². The van der Waals surface area contributed by atoms with Gasteiger partial charge in [-0.2, -0.15) is 0 Å². The van der Waals surface area contributed by atoms with E-state index < -0.39 is 6.04 Å². The summed E-state index contributed by atoms with van der Waals surface area (Å²) in [4.78, 5) is 39.8. The number of amides is 3. The molecule has 6 nitrogen and oxygen atoms in total. The first-order valence-corrected chi connectivity index (χ1v) is 11.1. The fourth-order valence-electron chi connectivity index (χ4n) is 3.60. The van der Waals surface area contributed by atoms with Gasteiger partial charge < -0.3 is 15.5 Å². The number of carbonyl (C=O) groups is 3. The van der Waals surface area contributed by atoms with Gasteiger partial charge in [-0.05, 0) is 62.1 Å². The van der Waals surface area contributed by atoms with Crippen molar-refractivity contribution >= 4 is 35.0 Å². The average molecular weight is 458 g/mol. The van der Waals surface area contributed by atoms with Gasteiger partial charge in [0.2, 0.25) is 11.8 Å². The molecular formula is C25H32ClN3O3. The second-order valence-electron chi connectivity index (χ2n) is 8.36. The summed E-state index contributed by atoms with van der Waals surface area (Å²) < 4.78 is 0. The van der Waals surface area contributed by atoms with Crippen LogP contribution in [0.1, 0.15) is 47.3 Å². The van der Waals surface area contributed by atoms with E-state index in [-0.39, 0.29) is 30.2 Å². The topological polar surface area (TPSA) is 78.5 Å². The molecule has 2 aromatic rings. The standard InChI is InChI=1S/C25H32ClN3O3/c1-7-16(3)23(28-24(31)19-8-10-20(26)11-9-19)25(32)29(6)14-21(30)27-22-17(4)12-15(2)13-18(22)5/h8-13,16,23H,7,14H2,1-6H3,(H,27,30)(H,28,31). The van der Waals surface area contributed by atoms with Crippen molar-refractivity contribution in [1.82, 2.24) is 10.2 Å². The third kappa shape index (κ3) is 6.57. The second kappa shape index (κ2) is 11.1. The lowest BCUT2D eigenvalue weighted by molar-refractivity contribution is -0.136. The molecule has 0 heterocycles. The number of likely N-dealkylation sites (N-methyl/N-ethyl adjacent to an activating group) is 1. The minimum Gasteiger partial charge on any atom is -0.340 e. The van der Waals surface area contributed by atoms with Crippen molar-refractivity contribution < 1.29 is 14.4 Å². The smallest absolute Gasteiger partial charge is 0.251 e. The van der Waals surface area contributed by atoms with Crippen molar-refractivity contribution in [2.24, 2.45) is 5.92 Å². The molecule has 0 bridgehead atoms. The molecule has 172 valence electrons. The maximum Gasteiger partial charge on any atom is 0.251 e. The number of aryl methyl sites for hydroxylation is 3. The van der Waals surface area contributed by atoms with Crippen LogP contribution in [-0.2, 0) is 9.59 Å². The van der Waals surface area contributed by atoms with Crippen molar-refractivity contribution in [3.63, 3.8) is 0 Å². The van der Waals surface area contributed by atoms with Gasteiger partial charge >= 0.3 is 0 Å². The van der Waals surface area contributed by atoms with Crippen LogP contribution in [0.3, 0.4) is 0 Å². The summed E-state index contributed by atoms with van der Waals surface area (Å²) in [6, 6.07) is 9.73. The Kier molecular flexibility index (Phi) is 8.84. The number of halogens is 1. The number of nitrogens with one attached hydrogen (secondary N) is 2. The Morgan fingerprint density at radius 2 is 1.59 bits per heavy atom. The molecule has 0 aliphatic rings. The Balaban J connectivity index is 2.09. The molecular weight excluding hydrogens is 426 g/mol. The maximum absolute atomic E-state index is 13.1. The second-order valence-corrected chi connectivity index (χ2v) is 8.80. The Hall–Kier alpha value is -2.86. The van der Waals surface area contributed by atoms with E-state index in [1.165, 1.54) is 4.90 Å². The predicted molar refractivity (Wildman–Crippen MR) is 129 cm³/mol. The van der Waals surface area contributed by atoms with Crippen LogP contribution in [0.4, 0.5) is 5.69 Å². The summed E-state index contributed by atoms with van der Waals surface area (Å²) >= 11 is 5.89. The summed E-state index contributed by atoms with van der Waals surface area (Å²) in [5.41, 5.74) is 4.24. The Morgan fingerprint density at radius 3 is 2.12 bits per heavy atom. The number of rotatable bonds is 8. The Bertz CT molecular complexity index is 965. The fraction of sp³-hybridized carbons (Fsp3) is 0.400. The largest absolute Gasteiger partial charge is 0.340 e. The SMILES string of the molecule is CCC(C)C(NC(=O)c1ccc(Cl)cc1)C(=O)N(C)CC(=O)Nc1c(C)cc(C)cc1C. The van der Waals surface area contributed by atoms with E-state index in [0.717, 1.165) is 22.4 Å². The minimum absolute atomic E-state index is 0.106. The molecule has 2 atom stereocenters. The molecule has 0 saturated carbocycles. The molecule has 2 rings (SSSR count). The van der Waals surface area contributed by atoms with Gasteiger partial charge in [0.05, 0.1) is 6.54 Å². The first kappa shape index (κ1) is 25.4. The highest BCUT2D eigenvalue weighted by molar-refractivity contribution is 6.30. The van der Waals surface area contributed by atoms with Crippen LogP contribution in [0.5, 0.6) is 0 Å². The molecule has 0 radical (unpaired) electrons. The lowest BCUT2D eigenvalue weighted by atomic mass is 9.97. The molecule has 7 heteroatoms.